The fourth-order valence-electron chi connectivity index (χ4n) is 1.70. The predicted octanol–water partition coefficient (Wildman–Crippen LogP) is 2.76. The summed E-state index contributed by atoms with van der Waals surface area (Å²) in [5.74, 6) is -0.330. The Morgan fingerprint density at radius 2 is 2.06 bits per heavy atom. The molecule has 3 nitrogen and oxygen atoms in total. The first kappa shape index (κ1) is 16.2. The molecule has 0 spiro atoms. The Morgan fingerprint density at radius 3 is 2.59 bits per heavy atom. The Kier molecular flexibility index (Phi) is 7.88. The molecule has 0 fully saturated rings. The largest absolute Gasteiger partial charge is 0.457 e. The maximum atomic E-state index is 10.9. The lowest BCUT2D eigenvalue weighted by molar-refractivity contribution is -0.913. The van der Waals surface area contributed by atoms with Gasteiger partial charge in [-0.3, -0.25) is 0 Å². The molecule has 0 N–H and O–H groups in total. The van der Waals surface area contributed by atoms with Gasteiger partial charge in [-0.2, -0.15) is 0 Å². The normalized spacial score (nSPS) is 13.2. The van der Waals surface area contributed by atoms with Crippen molar-refractivity contribution in [2.45, 2.75) is 45.6 Å². The van der Waals surface area contributed by atoms with Crippen LogP contribution in [0.1, 0.15) is 39.5 Å². The van der Waals surface area contributed by atoms with Crippen LogP contribution in [0.15, 0.2) is 12.7 Å². The summed E-state index contributed by atoms with van der Waals surface area (Å²) in [5.41, 5.74) is 0. The van der Waals surface area contributed by atoms with Gasteiger partial charge >= 0.3 is 5.97 Å². The van der Waals surface area contributed by atoms with Crippen molar-refractivity contribution in [2.24, 2.45) is 0 Å². The molecule has 0 aromatic rings. The van der Waals surface area contributed by atoms with Crippen molar-refractivity contribution < 1.29 is 14.0 Å². The number of hydrogen-bond acceptors (Lipinski definition) is 2. The van der Waals surface area contributed by atoms with E-state index in [1.807, 2.05) is 0 Å². The van der Waals surface area contributed by atoms with Crippen LogP contribution in [0.25, 0.3) is 0 Å². The van der Waals surface area contributed by atoms with Crippen molar-refractivity contribution in [3.8, 4) is 0 Å². The molecule has 0 aromatic carbocycles. The van der Waals surface area contributed by atoms with E-state index < -0.39 is 0 Å². The molecule has 0 amide bonds. The molecule has 1 atom stereocenters. The Bertz CT molecular complexity index is 236. The first-order chi connectivity index (χ1) is 7.94. The van der Waals surface area contributed by atoms with Gasteiger partial charge in [-0.25, -0.2) is 4.79 Å². The number of esters is 1. The van der Waals surface area contributed by atoms with E-state index in [4.69, 9.17) is 4.74 Å². The van der Waals surface area contributed by atoms with Crippen LogP contribution in [0.2, 0.25) is 0 Å². The van der Waals surface area contributed by atoms with Crippen molar-refractivity contribution in [2.75, 3.05) is 27.2 Å². The Morgan fingerprint density at radius 1 is 1.41 bits per heavy atom. The van der Waals surface area contributed by atoms with E-state index in [9.17, 15) is 4.79 Å². The number of ether oxygens (including phenoxy) is 1. The lowest BCUT2D eigenvalue weighted by Crippen LogP contribution is -2.49. The number of nitrogens with zero attached hydrogens (tertiary/aromatic N) is 1. The number of carbonyl (C=O) groups excluding carboxylic acids is 1. The number of quaternary nitrogens is 1. The molecule has 0 bridgehead atoms. The molecule has 0 aliphatic rings. The van der Waals surface area contributed by atoms with E-state index in [1.54, 1.807) is 0 Å². The summed E-state index contributed by atoms with van der Waals surface area (Å²) in [6.07, 6.45) is 6.29. The van der Waals surface area contributed by atoms with E-state index in [0.717, 1.165) is 11.0 Å². The van der Waals surface area contributed by atoms with Gasteiger partial charge in [0, 0.05) is 6.08 Å². The van der Waals surface area contributed by atoms with Crippen LogP contribution in [-0.2, 0) is 9.53 Å². The summed E-state index contributed by atoms with van der Waals surface area (Å²) in [6.45, 7) is 9.19. The summed E-state index contributed by atoms with van der Waals surface area (Å²) in [4.78, 5) is 10.9. The molecule has 0 aliphatic carbocycles. The van der Waals surface area contributed by atoms with Crippen LogP contribution in [0.3, 0.4) is 0 Å². The number of likely N-dealkylation sites (N-methyl/N-ethyl adjacent to an activating group) is 1. The molecule has 0 aromatic heterocycles. The smallest absolute Gasteiger partial charge is 0.330 e. The second-order valence-electron chi connectivity index (χ2n) is 5.22. The molecule has 17 heavy (non-hydrogen) atoms. The molecule has 3 heteroatoms. The molecular formula is C14H28NO2+. The van der Waals surface area contributed by atoms with Gasteiger partial charge in [0.15, 0.2) is 0 Å². The molecule has 0 aliphatic heterocycles. The molecule has 0 heterocycles. The van der Waals surface area contributed by atoms with Crippen molar-refractivity contribution in [3.63, 3.8) is 0 Å². The van der Waals surface area contributed by atoms with E-state index in [1.165, 1.54) is 31.8 Å². The van der Waals surface area contributed by atoms with Gasteiger partial charge in [-0.05, 0) is 19.8 Å². The van der Waals surface area contributed by atoms with Crippen molar-refractivity contribution in [3.05, 3.63) is 12.7 Å². The van der Waals surface area contributed by atoms with Gasteiger partial charge in [0.05, 0.1) is 20.1 Å². The van der Waals surface area contributed by atoms with Crippen LogP contribution in [0.4, 0.5) is 0 Å². The van der Waals surface area contributed by atoms with Crippen molar-refractivity contribution in [1.82, 2.24) is 0 Å². The monoisotopic (exact) mass is 242 g/mol. The van der Waals surface area contributed by atoms with Crippen LogP contribution < -0.4 is 0 Å². The maximum Gasteiger partial charge on any atom is 0.330 e. The highest BCUT2D eigenvalue weighted by Gasteiger charge is 2.23. The summed E-state index contributed by atoms with van der Waals surface area (Å²) < 4.78 is 5.93. The van der Waals surface area contributed by atoms with Crippen LogP contribution in [0, 0.1) is 0 Å². The first-order valence-corrected chi connectivity index (χ1v) is 6.56. The average molecular weight is 242 g/mol. The predicted molar refractivity (Wildman–Crippen MR) is 71.7 cm³/mol. The van der Waals surface area contributed by atoms with Gasteiger partial charge in [0.2, 0.25) is 0 Å². The minimum atomic E-state index is -0.330. The summed E-state index contributed by atoms with van der Waals surface area (Å²) >= 11 is 0. The quantitative estimate of drug-likeness (QED) is 0.269. The van der Waals surface area contributed by atoms with Gasteiger partial charge in [-0.15, -0.1) is 0 Å². The number of unbranched alkanes of at least 4 members (excludes halogenated alkanes) is 2. The average Bonchev–Trinajstić information content (AvgIpc) is 2.28. The maximum absolute atomic E-state index is 10.9. The zero-order valence-corrected chi connectivity index (χ0v) is 11.9. The third-order valence-corrected chi connectivity index (χ3v) is 3.50. The van der Waals surface area contributed by atoms with Gasteiger partial charge in [0.1, 0.15) is 13.2 Å². The molecule has 0 saturated heterocycles. The Hall–Kier alpha value is -0.830. The molecule has 1 unspecified atom stereocenters. The summed E-state index contributed by atoms with van der Waals surface area (Å²) in [7, 11) is 4.39. The van der Waals surface area contributed by atoms with Gasteiger partial charge in [0.25, 0.3) is 0 Å². The molecular weight excluding hydrogens is 214 g/mol. The molecule has 0 radical (unpaired) electrons. The third-order valence-electron chi connectivity index (χ3n) is 3.50. The zero-order valence-electron chi connectivity index (χ0n) is 11.9. The number of rotatable bonds is 9. The lowest BCUT2D eigenvalue weighted by Gasteiger charge is -2.36. The fourth-order valence-corrected chi connectivity index (χ4v) is 1.70. The van der Waals surface area contributed by atoms with Crippen molar-refractivity contribution in [1.29, 1.82) is 0 Å². The summed E-state index contributed by atoms with van der Waals surface area (Å²) in [6, 6.07) is 0.601. The van der Waals surface area contributed by atoms with Gasteiger partial charge < -0.3 is 9.22 Å². The molecule has 0 saturated carbocycles. The highest BCUT2D eigenvalue weighted by atomic mass is 16.5. The fraction of sp³-hybridized carbons (Fsp3) is 0.786. The van der Waals surface area contributed by atoms with E-state index >= 15 is 0 Å². The summed E-state index contributed by atoms with van der Waals surface area (Å²) in [5, 5.41) is 0. The van der Waals surface area contributed by atoms with Crippen molar-refractivity contribution >= 4 is 5.97 Å². The van der Waals surface area contributed by atoms with Crippen LogP contribution >= 0.6 is 0 Å². The molecule has 100 valence electrons. The topological polar surface area (TPSA) is 26.3 Å². The SMILES string of the molecule is C=CC(=O)OCC[N+](C)(C)C(C)CCCCC. The minimum absolute atomic E-state index is 0.330. The highest BCUT2D eigenvalue weighted by molar-refractivity contribution is 5.81. The van der Waals surface area contributed by atoms with E-state index in [-0.39, 0.29) is 5.97 Å². The standard InChI is InChI=1S/C14H28NO2/c1-6-8-9-10-13(3)15(4,5)11-12-17-14(16)7-2/h7,13H,2,6,8-12H2,1,3-5H3/q+1. The Labute approximate surface area is 106 Å². The number of carbonyl (C=O) groups is 1. The lowest BCUT2D eigenvalue weighted by atomic mass is 10.1. The highest BCUT2D eigenvalue weighted by Crippen LogP contribution is 2.14. The zero-order chi connectivity index (χ0) is 13.3. The molecule has 0 rings (SSSR count). The van der Waals surface area contributed by atoms with E-state index in [0.29, 0.717) is 12.6 Å². The minimum Gasteiger partial charge on any atom is -0.457 e. The van der Waals surface area contributed by atoms with Gasteiger partial charge in [-0.1, -0.05) is 26.3 Å². The van der Waals surface area contributed by atoms with Crippen LogP contribution in [0.5, 0.6) is 0 Å². The van der Waals surface area contributed by atoms with Crippen LogP contribution in [-0.4, -0.2) is 43.7 Å². The number of hydrogen-bond donors (Lipinski definition) is 0. The second kappa shape index (κ2) is 8.29. The Balaban J connectivity index is 3.90. The second-order valence-corrected chi connectivity index (χ2v) is 5.22. The third kappa shape index (κ3) is 7.16. The first-order valence-electron chi connectivity index (χ1n) is 6.56. The van der Waals surface area contributed by atoms with E-state index in [2.05, 4.69) is 34.5 Å².